The summed E-state index contributed by atoms with van der Waals surface area (Å²) in [5.41, 5.74) is 13.4. The third-order valence-corrected chi connectivity index (χ3v) is 6.86. The van der Waals surface area contributed by atoms with Gasteiger partial charge >= 0.3 is 0 Å². The van der Waals surface area contributed by atoms with Crippen LogP contribution in [-0.2, 0) is 12.2 Å². The van der Waals surface area contributed by atoms with Gasteiger partial charge in [-0.05, 0) is 48.1 Å². The van der Waals surface area contributed by atoms with Crippen molar-refractivity contribution in [1.82, 2.24) is 9.55 Å². The summed E-state index contributed by atoms with van der Waals surface area (Å²) in [4.78, 5) is 7.11. The Kier molecular flexibility index (Phi) is 4.47. The highest BCUT2D eigenvalue weighted by Gasteiger charge is 2.34. The molecular formula is C28H26N4. The van der Waals surface area contributed by atoms with Crippen molar-refractivity contribution in [2.24, 2.45) is 5.73 Å². The third-order valence-electron chi connectivity index (χ3n) is 6.86. The fourth-order valence-corrected chi connectivity index (χ4v) is 4.80. The molecule has 0 unspecified atom stereocenters. The number of aromatic nitrogens is 2. The second kappa shape index (κ2) is 7.50. The van der Waals surface area contributed by atoms with Crippen LogP contribution in [0.4, 0.5) is 5.69 Å². The minimum absolute atomic E-state index is 0.139. The van der Waals surface area contributed by atoms with E-state index in [4.69, 9.17) is 10.7 Å². The van der Waals surface area contributed by atoms with Gasteiger partial charge in [0.1, 0.15) is 12.5 Å². The quantitative estimate of drug-likeness (QED) is 0.451. The molecule has 1 fully saturated rings. The molecule has 1 aliphatic heterocycles. The average Bonchev–Trinajstić information content (AvgIpc) is 3.26. The van der Waals surface area contributed by atoms with Crippen LogP contribution in [0.3, 0.4) is 0 Å². The molecule has 3 aromatic carbocycles. The maximum atomic E-state index is 6.55. The molecule has 2 N–H and O–H groups in total. The first-order chi connectivity index (χ1) is 15.7. The van der Waals surface area contributed by atoms with E-state index >= 15 is 0 Å². The fourth-order valence-electron chi connectivity index (χ4n) is 4.80. The maximum Gasteiger partial charge on any atom is 0.136 e. The number of benzene rings is 3. The number of nitrogens with zero attached hydrogens (tertiary/aromatic N) is 3. The van der Waals surface area contributed by atoms with E-state index in [1.807, 2.05) is 12.3 Å². The van der Waals surface area contributed by atoms with Gasteiger partial charge in [-0.1, -0.05) is 72.8 Å². The van der Waals surface area contributed by atoms with Gasteiger partial charge < -0.3 is 15.2 Å². The monoisotopic (exact) mass is 418 g/mol. The Bertz CT molecular complexity index is 1270. The van der Waals surface area contributed by atoms with Gasteiger partial charge in [0.15, 0.2) is 0 Å². The Morgan fingerprint density at radius 3 is 2.12 bits per heavy atom. The summed E-state index contributed by atoms with van der Waals surface area (Å²) in [7, 11) is 0. The van der Waals surface area contributed by atoms with E-state index in [0.29, 0.717) is 6.67 Å². The highest BCUT2D eigenvalue weighted by Crippen LogP contribution is 2.40. The van der Waals surface area contributed by atoms with Crippen molar-refractivity contribution in [3.05, 3.63) is 108 Å². The average molecular weight is 419 g/mol. The van der Waals surface area contributed by atoms with Gasteiger partial charge in [-0.2, -0.15) is 0 Å². The van der Waals surface area contributed by atoms with Gasteiger partial charge in [0.25, 0.3) is 0 Å². The number of hydrogen-bond donors (Lipinski definition) is 1. The zero-order valence-corrected chi connectivity index (χ0v) is 18.0. The molecule has 0 atom stereocenters. The molecule has 0 bridgehead atoms. The molecule has 0 amide bonds. The summed E-state index contributed by atoms with van der Waals surface area (Å²) >= 11 is 0. The highest BCUT2D eigenvalue weighted by molar-refractivity contribution is 5.90. The van der Waals surface area contributed by atoms with Crippen LogP contribution in [0.2, 0.25) is 0 Å². The lowest BCUT2D eigenvalue weighted by Crippen LogP contribution is -2.43. The van der Waals surface area contributed by atoms with Crippen molar-refractivity contribution in [2.45, 2.75) is 31.5 Å². The van der Waals surface area contributed by atoms with Crippen LogP contribution in [0.1, 0.15) is 36.2 Å². The number of hydrogen-bond acceptors (Lipinski definition) is 3. The lowest BCUT2D eigenvalue weighted by Gasteiger charge is -2.39. The number of nitrogens with two attached hydrogens (primary N) is 1. The molecular weight excluding hydrogens is 392 g/mol. The Morgan fingerprint density at radius 1 is 0.781 bits per heavy atom. The van der Waals surface area contributed by atoms with Crippen molar-refractivity contribution in [1.29, 1.82) is 0 Å². The smallest absolute Gasteiger partial charge is 0.136 e. The van der Waals surface area contributed by atoms with E-state index < -0.39 is 0 Å². The summed E-state index contributed by atoms with van der Waals surface area (Å²) in [6, 6.07) is 29.9. The molecule has 1 aliphatic carbocycles. The van der Waals surface area contributed by atoms with E-state index in [9.17, 15) is 0 Å². The maximum absolute atomic E-state index is 6.55. The van der Waals surface area contributed by atoms with Crippen molar-refractivity contribution in [3.8, 4) is 11.3 Å². The van der Waals surface area contributed by atoms with E-state index in [1.54, 1.807) is 0 Å². The van der Waals surface area contributed by atoms with Crippen LogP contribution in [0.15, 0.2) is 91.1 Å². The normalized spacial score (nSPS) is 16.8. The number of imidazole rings is 1. The van der Waals surface area contributed by atoms with E-state index in [1.165, 1.54) is 23.1 Å². The molecule has 2 aliphatic rings. The van der Waals surface area contributed by atoms with Crippen LogP contribution in [-0.4, -0.2) is 9.55 Å². The minimum atomic E-state index is -0.139. The molecule has 0 spiro atoms. The fraction of sp³-hybridized carbons (Fsp3) is 0.179. The predicted molar refractivity (Wildman–Crippen MR) is 131 cm³/mol. The zero-order valence-electron chi connectivity index (χ0n) is 18.0. The topological polar surface area (TPSA) is 47.1 Å². The second-order valence-electron chi connectivity index (χ2n) is 8.82. The SMILES string of the molecule is NC1(c2ccc(C3=Cc4ncc(-c5ccccc5)n4CN3c3ccccc3)cc2)CCC1. The molecule has 0 saturated heterocycles. The number of anilines is 1. The Balaban J connectivity index is 1.44. The number of rotatable bonds is 4. The Labute approximate surface area is 188 Å². The molecule has 4 nitrogen and oxygen atoms in total. The highest BCUT2D eigenvalue weighted by atomic mass is 15.3. The van der Waals surface area contributed by atoms with Gasteiger partial charge in [-0.25, -0.2) is 4.98 Å². The van der Waals surface area contributed by atoms with Crippen LogP contribution >= 0.6 is 0 Å². The first kappa shape index (κ1) is 19.1. The van der Waals surface area contributed by atoms with Crippen molar-refractivity contribution >= 4 is 17.5 Å². The molecule has 2 heterocycles. The molecule has 1 saturated carbocycles. The van der Waals surface area contributed by atoms with Gasteiger partial charge in [-0.15, -0.1) is 0 Å². The van der Waals surface area contributed by atoms with Gasteiger partial charge in [0, 0.05) is 17.3 Å². The van der Waals surface area contributed by atoms with Crippen molar-refractivity contribution in [3.63, 3.8) is 0 Å². The molecule has 4 heteroatoms. The van der Waals surface area contributed by atoms with Crippen LogP contribution < -0.4 is 10.6 Å². The largest absolute Gasteiger partial charge is 0.322 e. The molecule has 32 heavy (non-hydrogen) atoms. The summed E-state index contributed by atoms with van der Waals surface area (Å²) in [6.07, 6.45) is 7.54. The molecule has 1 aromatic heterocycles. The van der Waals surface area contributed by atoms with E-state index in [0.717, 1.165) is 35.7 Å². The van der Waals surface area contributed by atoms with Crippen molar-refractivity contribution in [2.75, 3.05) is 4.90 Å². The zero-order chi connectivity index (χ0) is 21.5. The van der Waals surface area contributed by atoms with Crippen molar-refractivity contribution < 1.29 is 0 Å². The summed E-state index contributed by atoms with van der Waals surface area (Å²) in [6.45, 7) is 0.706. The minimum Gasteiger partial charge on any atom is -0.322 e. The summed E-state index contributed by atoms with van der Waals surface area (Å²) < 4.78 is 2.28. The lowest BCUT2D eigenvalue weighted by atomic mass is 9.72. The molecule has 0 radical (unpaired) electrons. The second-order valence-corrected chi connectivity index (χ2v) is 8.82. The van der Waals surface area contributed by atoms with Gasteiger partial charge in [0.2, 0.25) is 0 Å². The first-order valence-corrected chi connectivity index (χ1v) is 11.3. The molecule has 4 aromatic rings. The van der Waals surface area contributed by atoms with Gasteiger partial charge in [-0.3, -0.25) is 0 Å². The Morgan fingerprint density at radius 2 is 1.47 bits per heavy atom. The molecule has 158 valence electrons. The number of para-hydroxylation sites is 1. The van der Waals surface area contributed by atoms with Crippen LogP contribution in [0.5, 0.6) is 0 Å². The first-order valence-electron chi connectivity index (χ1n) is 11.3. The predicted octanol–water partition coefficient (Wildman–Crippen LogP) is 5.86. The summed E-state index contributed by atoms with van der Waals surface area (Å²) in [5, 5.41) is 0. The third kappa shape index (κ3) is 3.15. The standard InChI is InChI=1S/C28H26N4/c29-28(16-7-17-28)23-14-12-22(13-15-23)25-18-27-30-19-26(21-8-3-1-4-9-21)32(27)20-31(25)24-10-5-2-6-11-24/h1-6,8-15,18-19H,7,16-17,20,29H2. The van der Waals surface area contributed by atoms with Gasteiger partial charge in [0.05, 0.1) is 17.6 Å². The van der Waals surface area contributed by atoms with Crippen LogP contribution in [0.25, 0.3) is 23.0 Å². The lowest BCUT2D eigenvalue weighted by molar-refractivity contribution is 0.253. The van der Waals surface area contributed by atoms with E-state index in [2.05, 4.69) is 94.4 Å². The molecule has 6 rings (SSSR count). The van der Waals surface area contributed by atoms with E-state index in [-0.39, 0.29) is 5.54 Å². The Hall–Kier alpha value is -3.63. The summed E-state index contributed by atoms with van der Waals surface area (Å²) in [5.74, 6) is 0.976. The van der Waals surface area contributed by atoms with Crippen LogP contribution in [0, 0.1) is 0 Å². The number of fused-ring (bicyclic) bond motifs is 1.